The van der Waals surface area contributed by atoms with E-state index in [1.54, 1.807) is 12.1 Å². The number of hydrogen-bond acceptors (Lipinski definition) is 1. The summed E-state index contributed by atoms with van der Waals surface area (Å²) in [6, 6.07) is 6.94. The fraction of sp³-hybridized carbons (Fsp3) is 0.333. The zero-order chi connectivity index (χ0) is 14.0. The minimum atomic E-state index is -0.202. The highest BCUT2D eigenvalue weighted by atomic mass is 79.9. The van der Waals surface area contributed by atoms with E-state index in [4.69, 9.17) is 0 Å². The van der Waals surface area contributed by atoms with E-state index in [9.17, 15) is 4.39 Å². The Kier molecular flexibility index (Phi) is 4.42. The normalized spacial score (nSPS) is 11.0. The van der Waals surface area contributed by atoms with Gasteiger partial charge in [0.25, 0.3) is 0 Å². The van der Waals surface area contributed by atoms with Gasteiger partial charge in [0.1, 0.15) is 5.82 Å². The molecule has 0 spiro atoms. The van der Waals surface area contributed by atoms with Crippen LogP contribution in [-0.4, -0.2) is 4.57 Å². The van der Waals surface area contributed by atoms with Crippen LogP contribution in [0.4, 0.5) is 4.39 Å². The highest BCUT2D eigenvalue weighted by Crippen LogP contribution is 2.18. The van der Waals surface area contributed by atoms with Gasteiger partial charge in [-0.15, -0.1) is 0 Å². The fourth-order valence-corrected chi connectivity index (χ4v) is 2.51. The van der Waals surface area contributed by atoms with Crippen LogP contribution < -0.4 is 5.32 Å². The van der Waals surface area contributed by atoms with Gasteiger partial charge in [0, 0.05) is 36.0 Å². The van der Waals surface area contributed by atoms with E-state index in [-0.39, 0.29) is 5.82 Å². The molecule has 0 radical (unpaired) electrons. The Morgan fingerprint density at radius 3 is 2.47 bits per heavy atom. The Balaban J connectivity index is 2.00. The number of hydrogen-bond donors (Lipinski definition) is 1. The summed E-state index contributed by atoms with van der Waals surface area (Å²) in [6.45, 7) is 5.64. The summed E-state index contributed by atoms with van der Waals surface area (Å²) >= 11 is 3.44. The second-order valence-corrected chi connectivity index (χ2v) is 5.65. The number of rotatable bonds is 4. The van der Waals surface area contributed by atoms with Crippen LogP contribution in [0.1, 0.15) is 22.5 Å². The molecule has 102 valence electrons. The monoisotopic (exact) mass is 324 g/mol. The van der Waals surface area contributed by atoms with Gasteiger partial charge in [-0.05, 0) is 49.2 Å². The molecule has 1 aromatic carbocycles. The smallest absolute Gasteiger partial charge is 0.123 e. The lowest BCUT2D eigenvalue weighted by molar-refractivity contribution is 0.619. The summed E-state index contributed by atoms with van der Waals surface area (Å²) < 4.78 is 16.3. The zero-order valence-corrected chi connectivity index (χ0v) is 13.0. The molecule has 2 aromatic rings. The number of aromatic nitrogens is 1. The van der Waals surface area contributed by atoms with Gasteiger partial charge < -0.3 is 9.88 Å². The van der Waals surface area contributed by atoms with Crippen molar-refractivity contribution in [3.63, 3.8) is 0 Å². The fourth-order valence-electron chi connectivity index (χ4n) is 2.12. The van der Waals surface area contributed by atoms with Gasteiger partial charge in [0.05, 0.1) is 0 Å². The highest BCUT2D eigenvalue weighted by molar-refractivity contribution is 9.10. The van der Waals surface area contributed by atoms with E-state index in [2.05, 4.69) is 52.8 Å². The number of nitrogens with zero attached hydrogens (tertiary/aromatic N) is 1. The van der Waals surface area contributed by atoms with E-state index in [1.165, 1.54) is 23.0 Å². The van der Waals surface area contributed by atoms with Crippen molar-refractivity contribution >= 4 is 15.9 Å². The Bertz CT molecular complexity index is 590. The molecule has 2 rings (SSSR count). The summed E-state index contributed by atoms with van der Waals surface area (Å²) in [6.07, 6.45) is 0. The Morgan fingerprint density at radius 1 is 1.16 bits per heavy atom. The molecule has 0 fully saturated rings. The summed E-state index contributed by atoms with van der Waals surface area (Å²) in [5, 5.41) is 3.36. The molecule has 4 heteroatoms. The first kappa shape index (κ1) is 14.3. The van der Waals surface area contributed by atoms with Crippen molar-refractivity contribution in [1.82, 2.24) is 9.88 Å². The minimum Gasteiger partial charge on any atom is -0.352 e. The molecule has 1 aromatic heterocycles. The van der Waals surface area contributed by atoms with Crippen molar-refractivity contribution in [2.45, 2.75) is 26.9 Å². The standard InChI is InChI=1S/C15H18BrFN2/c1-10-6-12(11(2)19(10)3)8-18-9-13-7-14(17)4-5-15(13)16/h4-7,18H,8-9H2,1-3H3. The molecular weight excluding hydrogens is 307 g/mol. The van der Waals surface area contributed by atoms with Crippen molar-refractivity contribution in [3.8, 4) is 0 Å². The maximum absolute atomic E-state index is 13.2. The van der Waals surface area contributed by atoms with Gasteiger partial charge in [0.2, 0.25) is 0 Å². The van der Waals surface area contributed by atoms with Crippen LogP contribution in [0.5, 0.6) is 0 Å². The van der Waals surface area contributed by atoms with Crippen molar-refractivity contribution in [2.24, 2.45) is 7.05 Å². The van der Waals surface area contributed by atoms with Crippen LogP contribution >= 0.6 is 15.9 Å². The molecule has 0 atom stereocenters. The van der Waals surface area contributed by atoms with Gasteiger partial charge in [0.15, 0.2) is 0 Å². The number of aryl methyl sites for hydroxylation is 1. The third-order valence-corrected chi connectivity index (χ3v) is 4.29. The molecule has 0 saturated carbocycles. The molecule has 0 aliphatic carbocycles. The molecule has 2 nitrogen and oxygen atoms in total. The topological polar surface area (TPSA) is 17.0 Å². The largest absolute Gasteiger partial charge is 0.352 e. The maximum atomic E-state index is 13.2. The SMILES string of the molecule is Cc1cc(CNCc2cc(F)ccc2Br)c(C)n1C. The Morgan fingerprint density at radius 2 is 1.84 bits per heavy atom. The molecule has 0 amide bonds. The maximum Gasteiger partial charge on any atom is 0.123 e. The minimum absolute atomic E-state index is 0.202. The van der Waals surface area contributed by atoms with Crippen LogP contribution in [0.2, 0.25) is 0 Å². The Labute approximate surface area is 121 Å². The second-order valence-electron chi connectivity index (χ2n) is 4.79. The molecule has 0 saturated heterocycles. The predicted octanol–water partition coefficient (Wildman–Crippen LogP) is 3.83. The van der Waals surface area contributed by atoms with Crippen molar-refractivity contribution in [3.05, 3.63) is 57.1 Å². The number of halogens is 2. The van der Waals surface area contributed by atoms with Gasteiger partial charge in [-0.25, -0.2) is 4.39 Å². The van der Waals surface area contributed by atoms with Gasteiger partial charge >= 0.3 is 0 Å². The third-order valence-electron chi connectivity index (χ3n) is 3.52. The van der Waals surface area contributed by atoms with Crippen LogP contribution in [0.25, 0.3) is 0 Å². The Hall–Kier alpha value is -1.13. The van der Waals surface area contributed by atoms with Crippen molar-refractivity contribution in [2.75, 3.05) is 0 Å². The van der Waals surface area contributed by atoms with Crippen LogP contribution in [0.3, 0.4) is 0 Å². The van der Waals surface area contributed by atoms with Gasteiger partial charge in [-0.2, -0.15) is 0 Å². The predicted molar refractivity (Wildman–Crippen MR) is 79.5 cm³/mol. The van der Waals surface area contributed by atoms with Crippen LogP contribution in [-0.2, 0) is 20.1 Å². The molecule has 19 heavy (non-hydrogen) atoms. The van der Waals surface area contributed by atoms with Gasteiger partial charge in [-0.1, -0.05) is 15.9 Å². The molecule has 0 bridgehead atoms. The molecule has 0 aliphatic rings. The lowest BCUT2D eigenvalue weighted by Gasteiger charge is -2.07. The summed E-state index contributed by atoms with van der Waals surface area (Å²) in [5.41, 5.74) is 4.74. The average Bonchev–Trinajstić information content (AvgIpc) is 2.61. The summed E-state index contributed by atoms with van der Waals surface area (Å²) in [4.78, 5) is 0. The first-order valence-electron chi connectivity index (χ1n) is 6.25. The van der Waals surface area contributed by atoms with E-state index in [0.29, 0.717) is 6.54 Å². The van der Waals surface area contributed by atoms with Crippen molar-refractivity contribution in [1.29, 1.82) is 0 Å². The van der Waals surface area contributed by atoms with E-state index >= 15 is 0 Å². The third kappa shape index (κ3) is 3.25. The first-order chi connectivity index (χ1) is 8.99. The number of nitrogens with one attached hydrogen (secondary N) is 1. The molecule has 0 aliphatic heterocycles. The lowest BCUT2D eigenvalue weighted by Crippen LogP contribution is -2.13. The van der Waals surface area contributed by atoms with Crippen LogP contribution in [0, 0.1) is 19.7 Å². The molecular formula is C15H18BrFN2. The van der Waals surface area contributed by atoms with E-state index < -0.39 is 0 Å². The van der Waals surface area contributed by atoms with Crippen molar-refractivity contribution < 1.29 is 4.39 Å². The number of benzene rings is 1. The molecule has 1 N–H and O–H groups in total. The highest BCUT2D eigenvalue weighted by Gasteiger charge is 2.06. The second kappa shape index (κ2) is 5.88. The lowest BCUT2D eigenvalue weighted by atomic mass is 10.2. The summed E-state index contributed by atoms with van der Waals surface area (Å²) in [7, 11) is 2.07. The molecule has 0 unspecified atom stereocenters. The van der Waals surface area contributed by atoms with E-state index in [1.807, 2.05) is 0 Å². The summed E-state index contributed by atoms with van der Waals surface area (Å²) in [5.74, 6) is -0.202. The van der Waals surface area contributed by atoms with Crippen LogP contribution in [0.15, 0.2) is 28.7 Å². The average molecular weight is 325 g/mol. The zero-order valence-electron chi connectivity index (χ0n) is 11.4. The molecule has 1 heterocycles. The van der Waals surface area contributed by atoms with E-state index in [0.717, 1.165) is 16.6 Å². The quantitative estimate of drug-likeness (QED) is 0.904. The first-order valence-corrected chi connectivity index (χ1v) is 7.04. The van der Waals surface area contributed by atoms with Gasteiger partial charge in [-0.3, -0.25) is 0 Å².